The third kappa shape index (κ3) is 2.67. The van der Waals surface area contributed by atoms with Gasteiger partial charge in [0.25, 0.3) is 0 Å². The quantitative estimate of drug-likeness (QED) is 0.545. The van der Waals surface area contributed by atoms with E-state index in [0.717, 1.165) is 25.7 Å². The van der Waals surface area contributed by atoms with Crippen LogP contribution in [-0.4, -0.2) is 20.2 Å². The van der Waals surface area contributed by atoms with Crippen molar-refractivity contribution in [2.24, 2.45) is 0 Å². The van der Waals surface area contributed by atoms with Gasteiger partial charge in [0.05, 0.1) is 0 Å². The van der Waals surface area contributed by atoms with Crippen LogP contribution in [-0.2, 0) is 32.1 Å². The number of carboxylic acids is 1. The number of hydrogen-bond acceptors (Lipinski definition) is 1. The molecule has 2 nitrogen and oxygen atoms in total. The van der Waals surface area contributed by atoms with Crippen LogP contribution < -0.4 is 0 Å². The van der Waals surface area contributed by atoms with Crippen LogP contribution in [0.2, 0.25) is 0 Å². The van der Waals surface area contributed by atoms with E-state index in [4.69, 9.17) is 5.11 Å². The monoisotopic (exact) mass is 398 g/mol. The second-order valence-corrected chi connectivity index (χ2v) is 5.40. The van der Waals surface area contributed by atoms with Crippen molar-refractivity contribution >= 4 is 37.8 Å². The van der Waals surface area contributed by atoms with Gasteiger partial charge in [-0.25, -0.2) is 0 Å². The van der Waals surface area contributed by atoms with Gasteiger partial charge in [-0.15, -0.1) is 0 Å². The first-order valence-electron chi connectivity index (χ1n) is 3.64. The molecule has 2 atom stereocenters. The standard InChI is InChI=1S/C7H10Br2O2.Cd/c8-5-3-1-2-4-7(5,9)6(10)11;/h5H,1-4H2,(H,10,11);. The molecule has 5 heteroatoms. The number of hydrogen-bond donors (Lipinski definition) is 1. The second-order valence-electron chi connectivity index (χ2n) is 2.88. The summed E-state index contributed by atoms with van der Waals surface area (Å²) in [7, 11) is 0. The summed E-state index contributed by atoms with van der Waals surface area (Å²) in [5, 5.41) is 8.89. The molecule has 0 heterocycles. The van der Waals surface area contributed by atoms with Crippen molar-refractivity contribution in [2.45, 2.75) is 34.8 Å². The Bertz CT molecular complexity index is 177. The Morgan fingerprint density at radius 3 is 2.42 bits per heavy atom. The van der Waals surface area contributed by atoms with Gasteiger partial charge in [0.15, 0.2) is 0 Å². The zero-order valence-corrected chi connectivity index (χ0v) is 13.9. The van der Waals surface area contributed by atoms with E-state index in [0.29, 0.717) is 0 Å². The first-order valence-corrected chi connectivity index (χ1v) is 5.34. The molecule has 2 unspecified atom stereocenters. The largest absolute Gasteiger partial charge is 0.480 e. The normalized spacial score (nSPS) is 35.3. The molecule has 0 spiro atoms. The number of carbonyl (C=O) groups is 1. The predicted molar refractivity (Wildman–Crippen MR) is 50.5 cm³/mol. The van der Waals surface area contributed by atoms with Gasteiger partial charge in [0, 0.05) is 32.1 Å². The smallest absolute Gasteiger partial charge is 0.321 e. The van der Waals surface area contributed by atoms with Gasteiger partial charge < -0.3 is 5.11 Å². The number of carboxylic acid groups (broad SMARTS) is 1. The van der Waals surface area contributed by atoms with Crippen LogP contribution in [0, 0.1) is 0 Å². The minimum atomic E-state index is -0.751. The number of halogens is 2. The third-order valence-corrected chi connectivity index (χ3v) is 5.24. The van der Waals surface area contributed by atoms with E-state index in [1.165, 1.54) is 0 Å². The van der Waals surface area contributed by atoms with Gasteiger partial charge in [0.2, 0.25) is 0 Å². The Morgan fingerprint density at radius 1 is 1.50 bits per heavy atom. The summed E-state index contributed by atoms with van der Waals surface area (Å²) in [4.78, 5) is 10.9. The molecule has 1 aliphatic carbocycles. The van der Waals surface area contributed by atoms with Crippen LogP contribution in [0.5, 0.6) is 0 Å². The molecule has 0 bridgehead atoms. The van der Waals surface area contributed by atoms with Crippen LogP contribution in [0.3, 0.4) is 0 Å². The minimum Gasteiger partial charge on any atom is -0.480 e. The molecule has 0 amide bonds. The summed E-state index contributed by atoms with van der Waals surface area (Å²) in [6.07, 6.45) is 3.78. The fourth-order valence-electron chi connectivity index (χ4n) is 1.33. The van der Waals surface area contributed by atoms with E-state index in [1.807, 2.05) is 0 Å². The van der Waals surface area contributed by atoms with Gasteiger partial charge in [-0.1, -0.05) is 44.7 Å². The van der Waals surface area contributed by atoms with Gasteiger partial charge in [-0.05, 0) is 12.8 Å². The van der Waals surface area contributed by atoms with Crippen LogP contribution in [0.1, 0.15) is 25.7 Å². The zero-order chi connectivity index (χ0) is 8.48. The minimum absolute atomic E-state index is 0. The molecule has 1 aliphatic rings. The molecule has 66 valence electrons. The maximum atomic E-state index is 10.8. The fraction of sp³-hybridized carbons (Fsp3) is 0.857. The maximum Gasteiger partial charge on any atom is 0.321 e. The van der Waals surface area contributed by atoms with Crippen molar-refractivity contribution in [3.05, 3.63) is 0 Å². The molecule has 1 fully saturated rings. The van der Waals surface area contributed by atoms with E-state index in [9.17, 15) is 4.79 Å². The molecule has 0 aromatic heterocycles. The molecule has 0 radical (unpaired) electrons. The van der Waals surface area contributed by atoms with Gasteiger partial charge in [-0.2, -0.15) is 0 Å². The summed E-state index contributed by atoms with van der Waals surface area (Å²) in [5.41, 5.74) is 0. The Hall–Kier alpha value is 1.35. The van der Waals surface area contributed by atoms with Crippen LogP contribution in [0.15, 0.2) is 0 Å². The molecule has 0 saturated heterocycles. The Balaban J connectivity index is 0.00000121. The summed E-state index contributed by atoms with van der Waals surface area (Å²) in [5.74, 6) is -0.751. The Kier molecular flexibility index (Phi) is 5.88. The van der Waals surface area contributed by atoms with Crippen molar-refractivity contribution in [1.29, 1.82) is 0 Å². The summed E-state index contributed by atoms with van der Waals surface area (Å²) >= 11 is 6.66. The molecule has 1 N–H and O–H groups in total. The van der Waals surface area contributed by atoms with Crippen molar-refractivity contribution in [3.8, 4) is 0 Å². The van der Waals surface area contributed by atoms with E-state index in [-0.39, 0.29) is 32.1 Å². The third-order valence-electron chi connectivity index (χ3n) is 2.10. The summed E-state index contributed by atoms with van der Waals surface area (Å²) < 4.78 is -0.717. The van der Waals surface area contributed by atoms with E-state index >= 15 is 0 Å². The first-order chi connectivity index (χ1) is 5.07. The molecule has 12 heavy (non-hydrogen) atoms. The SMILES string of the molecule is O=C(O)C1(Br)CCCCC1Br.[Cd]. The zero-order valence-electron chi connectivity index (χ0n) is 6.72. The average Bonchev–Trinajstić information content (AvgIpc) is 1.95. The fourth-order valence-corrected chi connectivity index (χ4v) is 2.59. The molecular weight excluding hydrogens is 388 g/mol. The molecule has 0 aromatic rings. The Morgan fingerprint density at radius 2 is 2.08 bits per heavy atom. The van der Waals surface area contributed by atoms with Gasteiger partial charge in [-0.3, -0.25) is 4.79 Å². The maximum absolute atomic E-state index is 10.8. The van der Waals surface area contributed by atoms with Crippen molar-refractivity contribution in [1.82, 2.24) is 0 Å². The van der Waals surface area contributed by atoms with E-state index < -0.39 is 10.3 Å². The predicted octanol–water partition coefficient (Wildman–Crippen LogP) is 2.54. The van der Waals surface area contributed by atoms with E-state index in [1.54, 1.807) is 0 Å². The summed E-state index contributed by atoms with van der Waals surface area (Å²) in [6, 6.07) is 0. The molecule has 0 aromatic carbocycles. The second kappa shape index (κ2) is 5.29. The molecular formula is C7H10Br2CdO2. The van der Waals surface area contributed by atoms with Crippen LogP contribution in [0.4, 0.5) is 0 Å². The first kappa shape index (κ1) is 13.4. The van der Waals surface area contributed by atoms with Gasteiger partial charge >= 0.3 is 5.97 Å². The van der Waals surface area contributed by atoms with Gasteiger partial charge in [0.1, 0.15) is 4.32 Å². The Labute approximate surface area is 109 Å². The number of aliphatic carboxylic acids is 1. The van der Waals surface area contributed by atoms with Crippen LogP contribution >= 0.6 is 31.9 Å². The molecule has 1 rings (SSSR count). The summed E-state index contributed by atoms with van der Waals surface area (Å²) in [6.45, 7) is 0. The number of alkyl halides is 2. The van der Waals surface area contributed by atoms with E-state index in [2.05, 4.69) is 31.9 Å². The number of rotatable bonds is 1. The topological polar surface area (TPSA) is 37.3 Å². The van der Waals surface area contributed by atoms with Crippen molar-refractivity contribution in [2.75, 3.05) is 0 Å². The van der Waals surface area contributed by atoms with Crippen molar-refractivity contribution in [3.63, 3.8) is 0 Å². The van der Waals surface area contributed by atoms with Crippen LogP contribution in [0.25, 0.3) is 0 Å². The van der Waals surface area contributed by atoms with Crippen molar-refractivity contribution < 1.29 is 37.2 Å². The molecule has 0 aliphatic heterocycles. The molecule has 1 saturated carbocycles. The average molecular weight is 398 g/mol.